The molecule has 4 rings (SSSR count). The average Bonchev–Trinajstić information content (AvgIpc) is 3.13. The standard InChI is InChI=1S/C22H28F3N3O/c1-17-5-6-21(29-17)16-26-9-7-19(8-10-26)27-11-13-28(14-12-27)20-4-2-3-18(15-20)22(23,24)25/h2-6,15,19H,7-14,16H2,1H3. The largest absolute Gasteiger partial charge is 0.465 e. The zero-order valence-corrected chi connectivity index (χ0v) is 16.8. The van der Waals surface area contributed by atoms with Gasteiger partial charge in [0, 0.05) is 51.0 Å². The summed E-state index contributed by atoms with van der Waals surface area (Å²) in [6, 6.07) is 10.3. The second-order valence-electron chi connectivity index (χ2n) is 8.09. The summed E-state index contributed by atoms with van der Waals surface area (Å²) in [6.45, 7) is 8.28. The number of anilines is 1. The number of likely N-dealkylation sites (tertiary alicyclic amines) is 1. The van der Waals surface area contributed by atoms with E-state index in [-0.39, 0.29) is 0 Å². The van der Waals surface area contributed by atoms with Crippen LogP contribution in [-0.4, -0.2) is 55.1 Å². The van der Waals surface area contributed by atoms with Crippen molar-refractivity contribution in [3.05, 3.63) is 53.5 Å². The molecule has 0 saturated carbocycles. The molecule has 1 aromatic heterocycles. The SMILES string of the molecule is Cc1ccc(CN2CCC(N3CCN(c4cccc(C(F)(F)F)c4)CC3)CC2)o1. The second kappa shape index (κ2) is 8.40. The van der Waals surface area contributed by atoms with E-state index in [4.69, 9.17) is 4.42 Å². The number of nitrogens with zero attached hydrogens (tertiary/aromatic N) is 3. The van der Waals surface area contributed by atoms with Gasteiger partial charge in [-0.25, -0.2) is 0 Å². The van der Waals surface area contributed by atoms with Crippen LogP contribution in [0.1, 0.15) is 29.9 Å². The predicted molar refractivity (Wildman–Crippen MR) is 107 cm³/mol. The first-order valence-corrected chi connectivity index (χ1v) is 10.3. The lowest BCUT2D eigenvalue weighted by Crippen LogP contribution is -2.53. The number of furan rings is 1. The lowest BCUT2D eigenvalue weighted by atomic mass is 10.0. The van der Waals surface area contributed by atoms with Crippen LogP contribution < -0.4 is 4.90 Å². The lowest BCUT2D eigenvalue weighted by molar-refractivity contribution is -0.137. The molecule has 2 saturated heterocycles. The number of piperazine rings is 1. The summed E-state index contributed by atoms with van der Waals surface area (Å²) in [4.78, 5) is 7.02. The maximum absolute atomic E-state index is 13.0. The molecule has 2 fully saturated rings. The lowest BCUT2D eigenvalue weighted by Gasteiger charge is -2.43. The minimum absolute atomic E-state index is 0.563. The van der Waals surface area contributed by atoms with E-state index < -0.39 is 11.7 Å². The van der Waals surface area contributed by atoms with Gasteiger partial charge in [-0.15, -0.1) is 0 Å². The molecule has 0 aliphatic carbocycles. The molecular weight excluding hydrogens is 379 g/mol. The number of benzene rings is 1. The third kappa shape index (κ3) is 4.95. The Hall–Kier alpha value is -1.99. The molecule has 1 aromatic carbocycles. The highest BCUT2D eigenvalue weighted by molar-refractivity contribution is 5.49. The Labute approximate surface area is 169 Å². The first-order chi connectivity index (χ1) is 13.9. The van der Waals surface area contributed by atoms with Gasteiger partial charge in [-0.05, 0) is 50.1 Å². The van der Waals surface area contributed by atoms with Crippen molar-refractivity contribution < 1.29 is 17.6 Å². The maximum Gasteiger partial charge on any atom is 0.416 e. The maximum atomic E-state index is 13.0. The number of piperidine rings is 1. The van der Waals surface area contributed by atoms with Crippen LogP contribution in [-0.2, 0) is 12.7 Å². The molecule has 0 radical (unpaired) electrons. The van der Waals surface area contributed by atoms with E-state index in [1.54, 1.807) is 6.07 Å². The van der Waals surface area contributed by atoms with Gasteiger partial charge in [0.1, 0.15) is 11.5 Å². The van der Waals surface area contributed by atoms with Crippen molar-refractivity contribution in [1.29, 1.82) is 0 Å². The quantitative estimate of drug-likeness (QED) is 0.750. The highest BCUT2D eigenvalue weighted by Gasteiger charge is 2.32. The summed E-state index contributed by atoms with van der Waals surface area (Å²) >= 11 is 0. The summed E-state index contributed by atoms with van der Waals surface area (Å²) in [7, 11) is 0. The molecule has 0 unspecified atom stereocenters. The van der Waals surface area contributed by atoms with E-state index in [2.05, 4.69) is 20.8 Å². The van der Waals surface area contributed by atoms with Crippen LogP contribution in [0.4, 0.5) is 18.9 Å². The third-order valence-corrected chi connectivity index (χ3v) is 6.10. The highest BCUT2D eigenvalue weighted by Crippen LogP contribution is 2.32. The smallest absolute Gasteiger partial charge is 0.416 e. The third-order valence-electron chi connectivity index (χ3n) is 6.10. The monoisotopic (exact) mass is 407 g/mol. The van der Waals surface area contributed by atoms with Crippen molar-refractivity contribution in [2.45, 2.75) is 38.5 Å². The first-order valence-electron chi connectivity index (χ1n) is 10.3. The van der Waals surface area contributed by atoms with Gasteiger partial charge in [0.15, 0.2) is 0 Å². The van der Waals surface area contributed by atoms with Crippen LogP contribution in [0.25, 0.3) is 0 Å². The van der Waals surface area contributed by atoms with Crippen molar-refractivity contribution in [2.75, 3.05) is 44.2 Å². The number of aryl methyl sites for hydroxylation is 1. The van der Waals surface area contributed by atoms with E-state index >= 15 is 0 Å². The highest BCUT2D eigenvalue weighted by atomic mass is 19.4. The first kappa shape index (κ1) is 20.3. The summed E-state index contributed by atoms with van der Waals surface area (Å²) < 4.78 is 44.6. The van der Waals surface area contributed by atoms with Gasteiger partial charge in [-0.3, -0.25) is 9.80 Å². The van der Waals surface area contributed by atoms with E-state index in [9.17, 15) is 13.2 Å². The molecule has 29 heavy (non-hydrogen) atoms. The fourth-order valence-corrected chi connectivity index (χ4v) is 4.46. The number of rotatable bonds is 4. The van der Waals surface area contributed by atoms with E-state index in [1.165, 1.54) is 12.1 Å². The van der Waals surface area contributed by atoms with Gasteiger partial charge in [-0.1, -0.05) is 6.07 Å². The molecule has 0 N–H and O–H groups in total. The molecule has 0 amide bonds. The molecule has 2 aliphatic heterocycles. The normalized spacial score (nSPS) is 20.3. The van der Waals surface area contributed by atoms with E-state index in [0.29, 0.717) is 11.7 Å². The average molecular weight is 407 g/mol. The zero-order chi connectivity index (χ0) is 20.4. The Morgan fingerprint density at radius 3 is 2.31 bits per heavy atom. The Kier molecular flexibility index (Phi) is 5.88. The number of hydrogen-bond acceptors (Lipinski definition) is 4. The van der Waals surface area contributed by atoms with Crippen LogP contribution in [0, 0.1) is 6.92 Å². The minimum atomic E-state index is -4.29. The minimum Gasteiger partial charge on any atom is -0.465 e. The zero-order valence-electron chi connectivity index (χ0n) is 16.8. The van der Waals surface area contributed by atoms with E-state index in [0.717, 1.165) is 76.2 Å². The van der Waals surface area contributed by atoms with Crippen LogP contribution >= 0.6 is 0 Å². The Balaban J connectivity index is 1.26. The van der Waals surface area contributed by atoms with Gasteiger partial charge >= 0.3 is 6.18 Å². The molecule has 3 heterocycles. The molecule has 2 aromatic rings. The van der Waals surface area contributed by atoms with Gasteiger partial charge in [0.2, 0.25) is 0 Å². The van der Waals surface area contributed by atoms with Gasteiger partial charge < -0.3 is 9.32 Å². The van der Waals surface area contributed by atoms with Crippen LogP contribution in [0.3, 0.4) is 0 Å². The van der Waals surface area contributed by atoms with Gasteiger partial charge in [0.25, 0.3) is 0 Å². The molecule has 4 nitrogen and oxygen atoms in total. The predicted octanol–water partition coefficient (Wildman–Crippen LogP) is 4.39. The van der Waals surface area contributed by atoms with Crippen molar-refractivity contribution in [3.8, 4) is 0 Å². The summed E-state index contributed by atoms with van der Waals surface area (Å²) in [6.07, 6.45) is -2.04. The number of alkyl halides is 3. The fourth-order valence-electron chi connectivity index (χ4n) is 4.46. The van der Waals surface area contributed by atoms with Crippen LogP contribution in [0.5, 0.6) is 0 Å². The van der Waals surface area contributed by atoms with Crippen LogP contribution in [0.2, 0.25) is 0 Å². The summed E-state index contributed by atoms with van der Waals surface area (Å²) in [5.74, 6) is 1.98. The van der Waals surface area contributed by atoms with Gasteiger partial charge in [0.05, 0.1) is 12.1 Å². The summed E-state index contributed by atoms with van der Waals surface area (Å²) in [5.41, 5.74) is 0.0968. The number of hydrogen-bond donors (Lipinski definition) is 0. The van der Waals surface area contributed by atoms with Crippen molar-refractivity contribution in [3.63, 3.8) is 0 Å². The molecule has 7 heteroatoms. The molecule has 0 bridgehead atoms. The molecule has 2 aliphatic rings. The molecular formula is C22H28F3N3O. The Morgan fingerprint density at radius 1 is 0.966 bits per heavy atom. The van der Waals surface area contributed by atoms with Crippen molar-refractivity contribution in [1.82, 2.24) is 9.80 Å². The Bertz CT molecular complexity index is 804. The second-order valence-corrected chi connectivity index (χ2v) is 8.09. The topological polar surface area (TPSA) is 22.9 Å². The molecule has 0 spiro atoms. The fraction of sp³-hybridized carbons (Fsp3) is 0.545. The molecule has 158 valence electrons. The Morgan fingerprint density at radius 2 is 1.69 bits per heavy atom. The van der Waals surface area contributed by atoms with E-state index in [1.807, 2.05) is 13.0 Å². The van der Waals surface area contributed by atoms with Crippen molar-refractivity contribution in [2.24, 2.45) is 0 Å². The number of halogens is 3. The summed E-state index contributed by atoms with van der Waals surface area (Å²) in [5, 5.41) is 0. The van der Waals surface area contributed by atoms with Gasteiger partial charge in [-0.2, -0.15) is 13.2 Å². The van der Waals surface area contributed by atoms with Crippen LogP contribution in [0.15, 0.2) is 40.8 Å². The van der Waals surface area contributed by atoms with Crippen molar-refractivity contribution >= 4 is 5.69 Å². The molecule has 0 atom stereocenters.